The largest absolute Gasteiger partial charge is 0.507 e. The Morgan fingerprint density at radius 3 is 2.24 bits per heavy atom. The number of carbonyl (C=O) groups excluding carboxylic acids is 3. The van der Waals surface area contributed by atoms with E-state index in [2.05, 4.69) is 12.2 Å². The Morgan fingerprint density at radius 2 is 1.72 bits per heavy atom. The maximum Gasteiger partial charge on any atom is 0.271 e. The predicted molar refractivity (Wildman–Crippen MR) is 85.5 cm³/mol. The lowest BCUT2D eigenvalue weighted by molar-refractivity contribution is -0.136. The molecule has 0 unspecified atom stereocenters. The van der Waals surface area contributed by atoms with Gasteiger partial charge in [-0.25, -0.2) is 4.90 Å². The zero-order valence-corrected chi connectivity index (χ0v) is 13.6. The summed E-state index contributed by atoms with van der Waals surface area (Å²) in [5.74, 6) is -1.23. The number of benzene rings is 1. The van der Waals surface area contributed by atoms with Crippen LogP contribution in [0.25, 0.3) is 0 Å². The zero-order chi connectivity index (χ0) is 17.5. The van der Waals surface area contributed by atoms with Gasteiger partial charge in [-0.05, 0) is 42.2 Å². The van der Waals surface area contributed by atoms with Crippen LogP contribution in [0.2, 0.25) is 0 Å². The van der Waals surface area contributed by atoms with Crippen molar-refractivity contribution in [3.63, 3.8) is 0 Å². The van der Waals surface area contributed by atoms with Gasteiger partial charge in [0.1, 0.15) is 11.5 Å². The second-order valence-corrected chi connectivity index (χ2v) is 7.35. The summed E-state index contributed by atoms with van der Waals surface area (Å²) in [5.41, 5.74) is -0.0633. The van der Waals surface area contributed by atoms with Crippen LogP contribution in [0.15, 0.2) is 30.4 Å². The third kappa shape index (κ3) is 1.77. The summed E-state index contributed by atoms with van der Waals surface area (Å²) in [6, 6.07) is 4.20. The molecule has 1 aromatic carbocycles. The van der Waals surface area contributed by atoms with Crippen LogP contribution < -0.4 is 4.74 Å². The number of imide groups is 3. The van der Waals surface area contributed by atoms with Gasteiger partial charge in [-0.1, -0.05) is 12.2 Å². The first kappa shape index (κ1) is 14.7. The molecule has 3 amide bonds. The summed E-state index contributed by atoms with van der Waals surface area (Å²) < 4.78 is 5.00. The van der Waals surface area contributed by atoms with Gasteiger partial charge in [-0.3, -0.25) is 14.4 Å². The molecular weight excluding hydrogens is 322 g/mol. The van der Waals surface area contributed by atoms with Crippen LogP contribution in [0.3, 0.4) is 0 Å². The highest BCUT2D eigenvalue weighted by Gasteiger charge is 2.67. The molecule has 0 aromatic heterocycles. The average molecular weight is 339 g/mol. The lowest BCUT2D eigenvalue weighted by atomic mass is 9.63. The number of phenolic OH excluding ortho intramolecular Hbond substituents is 1. The van der Waals surface area contributed by atoms with E-state index in [1.165, 1.54) is 25.3 Å². The molecule has 6 rings (SSSR count). The summed E-state index contributed by atoms with van der Waals surface area (Å²) in [4.78, 5) is 39.4. The first-order chi connectivity index (χ1) is 12.0. The number of hydrogen-bond acceptors (Lipinski definition) is 5. The van der Waals surface area contributed by atoms with Crippen molar-refractivity contribution >= 4 is 17.7 Å². The maximum absolute atomic E-state index is 12.9. The Kier molecular flexibility index (Phi) is 2.77. The first-order valence-corrected chi connectivity index (χ1v) is 8.50. The van der Waals surface area contributed by atoms with E-state index < -0.39 is 29.6 Å². The molecule has 1 N–H and O–H groups in total. The molecule has 6 atom stereocenters. The van der Waals surface area contributed by atoms with Crippen molar-refractivity contribution in [2.45, 2.75) is 6.42 Å². The van der Waals surface area contributed by atoms with Gasteiger partial charge in [0.25, 0.3) is 5.91 Å². The Morgan fingerprint density at radius 1 is 1.12 bits per heavy atom. The first-order valence-electron chi connectivity index (χ1n) is 8.50. The van der Waals surface area contributed by atoms with Gasteiger partial charge in [-0.2, -0.15) is 0 Å². The number of nitrogens with zero attached hydrogens (tertiary/aromatic N) is 1. The number of rotatable bonds is 2. The molecular formula is C19H17NO5. The molecule has 5 aliphatic rings. The number of phenols is 1. The number of allylic oxidation sites excluding steroid dienone is 2. The summed E-state index contributed by atoms with van der Waals surface area (Å²) >= 11 is 0. The van der Waals surface area contributed by atoms with E-state index in [0.29, 0.717) is 17.6 Å². The minimum absolute atomic E-state index is 0.0633. The summed E-state index contributed by atoms with van der Waals surface area (Å²) in [6.45, 7) is 0. The molecule has 1 aromatic rings. The van der Waals surface area contributed by atoms with Gasteiger partial charge in [0.15, 0.2) is 0 Å². The van der Waals surface area contributed by atoms with E-state index in [9.17, 15) is 19.5 Å². The normalized spacial score (nSPS) is 37.1. The average Bonchev–Trinajstić information content (AvgIpc) is 3.38. The number of amides is 3. The molecule has 6 heteroatoms. The van der Waals surface area contributed by atoms with Gasteiger partial charge in [-0.15, -0.1) is 0 Å². The van der Waals surface area contributed by atoms with Crippen LogP contribution in [0.5, 0.6) is 11.5 Å². The Balaban J connectivity index is 1.51. The van der Waals surface area contributed by atoms with Crippen molar-refractivity contribution in [3.05, 3.63) is 35.9 Å². The number of likely N-dealkylation sites (tertiary alicyclic amines) is 1. The molecule has 6 nitrogen and oxygen atoms in total. The van der Waals surface area contributed by atoms with Gasteiger partial charge in [0, 0.05) is 6.07 Å². The van der Waals surface area contributed by atoms with Crippen LogP contribution in [0.4, 0.5) is 0 Å². The standard InChI is InChI=1S/C19H17NO5/c1-25-8-2-3-11(14(21)6-8)17(22)20-18(23)15-9-4-5-10(13-7-12(9)13)16(15)19(20)24/h2-6,9-10,12-13,15-16,21H,7H2,1H3/t9-,10-,12-,13+,15+,16+/m0/s1. The van der Waals surface area contributed by atoms with Crippen molar-refractivity contribution < 1.29 is 24.2 Å². The van der Waals surface area contributed by atoms with Gasteiger partial charge in [0.05, 0.1) is 24.5 Å². The Bertz CT molecular complexity index is 823. The number of methoxy groups -OCH3 is 1. The molecule has 1 saturated heterocycles. The van der Waals surface area contributed by atoms with Crippen molar-refractivity contribution in [2.75, 3.05) is 7.11 Å². The van der Waals surface area contributed by atoms with Gasteiger partial charge >= 0.3 is 0 Å². The number of aromatic hydroxyl groups is 1. The fourth-order valence-corrected chi connectivity index (χ4v) is 5.10. The van der Waals surface area contributed by atoms with E-state index in [1.807, 2.05) is 0 Å². The number of hydrogen-bond donors (Lipinski definition) is 1. The summed E-state index contributed by atoms with van der Waals surface area (Å²) in [6.07, 6.45) is 5.19. The van der Waals surface area contributed by atoms with E-state index >= 15 is 0 Å². The molecule has 1 aliphatic heterocycles. The maximum atomic E-state index is 12.9. The van der Waals surface area contributed by atoms with Gasteiger partial charge < -0.3 is 9.84 Å². The minimum atomic E-state index is -0.752. The van der Waals surface area contributed by atoms with E-state index in [1.54, 1.807) is 0 Å². The second-order valence-electron chi connectivity index (χ2n) is 7.35. The molecule has 128 valence electrons. The van der Waals surface area contributed by atoms with Crippen molar-refractivity contribution in [3.8, 4) is 11.5 Å². The zero-order valence-electron chi connectivity index (χ0n) is 13.6. The van der Waals surface area contributed by atoms with Crippen LogP contribution in [-0.2, 0) is 9.59 Å². The summed E-state index contributed by atoms with van der Waals surface area (Å²) in [7, 11) is 1.45. The molecule has 0 spiro atoms. The minimum Gasteiger partial charge on any atom is -0.507 e. The quantitative estimate of drug-likeness (QED) is 0.653. The highest BCUT2D eigenvalue weighted by molar-refractivity contribution is 6.22. The van der Waals surface area contributed by atoms with Gasteiger partial charge in [0.2, 0.25) is 11.8 Å². The van der Waals surface area contributed by atoms with Crippen LogP contribution in [0, 0.1) is 35.5 Å². The van der Waals surface area contributed by atoms with E-state index in [4.69, 9.17) is 4.74 Å². The molecule has 0 radical (unpaired) electrons. The summed E-state index contributed by atoms with van der Waals surface area (Å²) in [5, 5.41) is 10.1. The second kappa shape index (κ2) is 4.71. The van der Waals surface area contributed by atoms with Crippen LogP contribution in [0.1, 0.15) is 16.8 Å². The van der Waals surface area contributed by atoms with Crippen molar-refractivity contribution in [1.82, 2.24) is 4.90 Å². The fraction of sp³-hybridized carbons (Fsp3) is 0.421. The Labute approximate surface area is 144 Å². The van der Waals surface area contributed by atoms with Crippen LogP contribution >= 0.6 is 0 Å². The SMILES string of the molecule is COc1ccc(C(=O)N2C(=O)[C@@H]3[C@H]4C=C[C@@H]([C@@H]5C[C@H]45)[C@H]3C2=O)c(O)c1. The smallest absolute Gasteiger partial charge is 0.271 e. The molecule has 4 aliphatic carbocycles. The fourth-order valence-electron chi connectivity index (χ4n) is 5.10. The molecule has 25 heavy (non-hydrogen) atoms. The van der Waals surface area contributed by atoms with Crippen molar-refractivity contribution in [2.24, 2.45) is 35.5 Å². The lowest BCUT2D eigenvalue weighted by Crippen LogP contribution is -2.40. The third-order valence-corrected chi connectivity index (χ3v) is 6.30. The van der Waals surface area contributed by atoms with Crippen LogP contribution in [-0.4, -0.2) is 34.8 Å². The monoisotopic (exact) mass is 339 g/mol. The number of carbonyl (C=O) groups is 3. The van der Waals surface area contributed by atoms with E-state index in [0.717, 1.165) is 11.3 Å². The third-order valence-electron chi connectivity index (χ3n) is 6.30. The topological polar surface area (TPSA) is 83.9 Å². The predicted octanol–water partition coefficient (Wildman–Crippen LogP) is 1.59. The molecule has 2 saturated carbocycles. The highest BCUT2D eigenvalue weighted by atomic mass is 16.5. The molecule has 2 bridgehead atoms. The lowest BCUT2D eigenvalue weighted by Gasteiger charge is -2.37. The molecule has 1 heterocycles. The molecule has 3 fully saturated rings. The van der Waals surface area contributed by atoms with E-state index in [-0.39, 0.29) is 23.1 Å². The Hall–Kier alpha value is -2.63. The van der Waals surface area contributed by atoms with Crippen molar-refractivity contribution in [1.29, 1.82) is 0 Å². The number of ether oxygens (including phenoxy) is 1. The highest BCUT2D eigenvalue weighted by Crippen LogP contribution is 2.65.